The Labute approximate surface area is 197 Å². The Bertz CT molecular complexity index is 1390. The number of amides is 1. The van der Waals surface area contributed by atoms with E-state index in [1.54, 1.807) is 19.1 Å². The minimum absolute atomic E-state index is 0.0398. The second kappa shape index (κ2) is 9.05. The van der Waals surface area contributed by atoms with Gasteiger partial charge in [-0.25, -0.2) is 4.98 Å². The van der Waals surface area contributed by atoms with Crippen LogP contribution >= 0.6 is 22.9 Å². The summed E-state index contributed by atoms with van der Waals surface area (Å²) in [6.07, 6.45) is 3.36. The van der Waals surface area contributed by atoms with E-state index in [9.17, 15) is 9.59 Å². The molecule has 0 bridgehead atoms. The maximum atomic E-state index is 13.1. The predicted octanol–water partition coefficient (Wildman–Crippen LogP) is 3.43. The van der Waals surface area contributed by atoms with Crippen molar-refractivity contribution >= 4 is 39.1 Å². The summed E-state index contributed by atoms with van der Waals surface area (Å²) in [4.78, 5) is 35.5. The van der Waals surface area contributed by atoms with Crippen molar-refractivity contribution in [2.24, 2.45) is 0 Å². The summed E-state index contributed by atoms with van der Waals surface area (Å²) >= 11 is 7.52. The van der Waals surface area contributed by atoms with Crippen molar-refractivity contribution in [1.82, 2.24) is 25.0 Å². The summed E-state index contributed by atoms with van der Waals surface area (Å²) in [7, 11) is 0. The van der Waals surface area contributed by atoms with Gasteiger partial charge in [-0.2, -0.15) is 4.98 Å². The van der Waals surface area contributed by atoms with Gasteiger partial charge in [-0.1, -0.05) is 28.9 Å². The number of hydrogen-bond donors (Lipinski definition) is 1. The van der Waals surface area contributed by atoms with Gasteiger partial charge in [0.05, 0.1) is 27.7 Å². The van der Waals surface area contributed by atoms with Gasteiger partial charge in [0.2, 0.25) is 11.7 Å². The molecule has 1 aliphatic heterocycles. The van der Waals surface area contributed by atoms with Crippen LogP contribution < -0.4 is 10.9 Å². The van der Waals surface area contributed by atoms with Crippen molar-refractivity contribution in [3.05, 3.63) is 51.5 Å². The van der Waals surface area contributed by atoms with Crippen LogP contribution in [0.15, 0.2) is 39.9 Å². The minimum Gasteiger partial charge on any atom is -0.376 e. The Hall–Kier alpha value is -3.08. The number of nitrogens with zero attached hydrogens (tertiary/aromatic N) is 4. The highest BCUT2D eigenvalue weighted by Crippen LogP contribution is 2.36. The number of thiophene rings is 1. The Balaban J connectivity index is 1.40. The predicted molar refractivity (Wildman–Crippen MR) is 124 cm³/mol. The van der Waals surface area contributed by atoms with Gasteiger partial charge in [-0.05, 0) is 37.5 Å². The second-order valence-corrected chi connectivity index (χ2v) is 9.16. The van der Waals surface area contributed by atoms with E-state index < -0.39 is 0 Å². The first kappa shape index (κ1) is 21.7. The fourth-order valence-electron chi connectivity index (χ4n) is 3.79. The van der Waals surface area contributed by atoms with E-state index in [1.165, 1.54) is 22.2 Å². The third kappa shape index (κ3) is 4.29. The zero-order valence-electron chi connectivity index (χ0n) is 17.7. The van der Waals surface area contributed by atoms with Crippen LogP contribution in [0, 0.1) is 6.92 Å². The monoisotopic (exact) mass is 485 g/mol. The molecule has 3 aromatic heterocycles. The maximum Gasteiger partial charge on any atom is 0.268 e. The molecule has 1 amide bonds. The number of fused-ring (bicyclic) bond motifs is 1. The molecule has 1 aliphatic rings. The van der Waals surface area contributed by atoms with Crippen molar-refractivity contribution in [2.45, 2.75) is 32.4 Å². The van der Waals surface area contributed by atoms with E-state index in [-0.39, 0.29) is 30.0 Å². The normalized spacial score (nSPS) is 15.9. The van der Waals surface area contributed by atoms with Crippen LogP contribution in [-0.2, 0) is 16.1 Å². The molecule has 0 unspecified atom stereocenters. The average molecular weight is 486 g/mol. The van der Waals surface area contributed by atoms with Crippen LogP contribution in [-0.4, -0.2) is 44.9 Å². The molecule has 0 saturated carbocycles. The summed E-state index contributed by atoms with van der Waals surface area (Å²) < 4.78 is 12.3. The molecule has 1 fully saturated rings. The number of halogens is 1. The molecule has 1 aromatic carbocycles. The summed E-state index contributed by atoms with van der Waals surface area (Å²) in [6, 6.07) is 7.22. The Morgan fingerprint density at radius 2 is 2.21 bits per heavy atom. The van der Waals surface area contributed by atoms with Gasteiger partial charge in [-0.3, -0.25) is 14.2 Å². The molecule has 1 saturated heterocycles. The zero-order chi connectivity index (χ0) is 22.9. The molecule has 170 valence electrons. The SMILES string of the molecule is Cc1c(-c2nc(-c3ccccc3Cl)no2)sc2ncn(CC(=O)NC[C@H]3CCCO3)c(=O)c12. The first-order valence-electron chi connectivity index (χ1n) is 10.5. The summed E-state index contributed by atoms with van der Waals surface area (Å²) in [6.45, 7) is 2.85. The van der Waals surface area contributed by atoms with Crippen molar-refractivity contribution in [3.63, 3.8) is 0 Å². The Morgan fingerprint density at radius 1 is 1.36 bits per heavy atom. The number of carbonyl (C=O) groups excluding carboxylic acids is 1. The Morgan fingerprint density at radius 3 is 3.00 bits per heavy atom. The standard InChI is InChI=1S/C22H20ClN5O4S/c1-12-17-21(25-11-28(22(17)30)10-16(29)24-9-13-5-4-8-31-13)33-18(12)20-26-19(27-32-20)14-6-2-3-7-15(14)23/h2-3,6-7,11,13H,4-5,8-10H2,1H3,(H,24,29)/t13-/m1/s1. The fraction of sp³-hybridized carbons (Fsp3) is 0.318. The van der Waals surface area contributed by atoms with Gasteiger partial charge in [0.1, 0.15) is 11.4 Å². The van der Waals surface area contributed by atoms with E-state index in [2.05, 4.69) is 20.4 Å². The van der Waals surface area contributed by atoms with Crippen LogP contribution in [0.1, 0.15) is 18.4 Å². The fourth-order valence-corrected chi connectivity index (χ4v) is 5.07. The zero-order valence-corrected chi connectivity index (χ0v) is 19.3. The van der Waals surface area contributed by atoms with Crippen LogP contribution in [0.3, 0.4) is 0 Å². The molecular formula is C22H20ClN5O4S. The van der Waals surface area contributed by atoms with Crippen molar-refractivity contribution in [1.29, 1.82) is 0 Å². The second-order valence-electron chi connectivity index (χ2n) is 7.76. The summed E-state index contributed by atoms with van der Waals surface area (Å²) in [5.74, 6) is 0.384. The van der Waals surface area contributed by atoms with Gasteiger partial charge in [0, 0.05) is 18.7 Å². The smallest absolute Gasteiger partial charge is 0.268 e. The van der Waals surface area contributed by atoms with Crippen LogP contribution in [0.5, 0.6) is 0 Å². The first-order valence-corrected chi connectivity index (χ1v) is 11.7. The van der Waals surface area contributed by atoms with Gasteiger partial charge < -0.3 is 14.6 Å². The lowest BCUT2D eigenvalue weighted by Gasteiger charge is -2.11. The third-order valence-electron chi connectivity index (χ3n) is 5.52. The highest BCUT2D eigenvalue weighted by molar-refractivity contribution is 7.22. The molecule has 4 aromatic rings. The molecule has 1 atom stereocenters. The average Bonchev–Trinajstić information content (AvgIpc) is 3.55. The maximum absolute atomic E-state index is 13.1. The van der Waals surface area contributed by atoms with Crippen molar-refractivity contribution in [2.75, 3.05) is 13.2 Å². The number of benzene rings is 1. The first-order chi connectivity index (χ1) is 16.0. The minimum atomic E-state index is -0.293. The molecule has 1 N–H and O–H groups in total. The number of nitrogens with one attached hydrogen (secondary N) is 1. The highest BCUT2D eigenvalue weighted by atomic mass is 35.5. The topological polar surface area (TPSA) is 112 Å². The van der Waals surface area contributed by atoms with Gasteiger partial charge in [0.25, 0.3) is 11.4 Å². The molecule has 9 nitrogen and oxygen atoms in total. The van der Waals surface area contributed by atoms with E-state index >= 15 is 0 Å². The van der Waals surface area contributed by atoms with Gasteiger partial charge in [-0.15, -0.1) is 11.3 Å². The summed E-state index contributed by atoms with van der Waals surface area (Å²) in [5.41, 5.74) is 1.04. The molecule has 4 heterocycles. The summed E-state index contributed by atoms with van der Waals surface area (Å²) in [5, 5.41) is 7.81. The molecule has 0 aliphatic carbocycles. The van der Waals surface area contributed by atoms with E-state index in [0.29, 0.717) is 43.6 Å². The van der Waals surface area contributed by atoms with Gasteiger partial charge >= 0.3 is 0 Å². The number of carbonyl (C=O) groups is 1. The lowest BCUT2D eigenvalue weighted by atomic mass is 10.2. The van der Waals surface area contributed by atoms with E-state index in [0.717, 1.165) is 19.4 Å². The number of ether oxygens (including phenoxy) is 1. The molecule has 5 rings (SSSR count). The molecule has 0 spiro atoms. The third-order valence-corrected chi connectivity index (χ3v) is 7.03. The van der Waals surface area contributed by atoms with E-state index in [4.69, 9.17) is 20.9 Å². The van der Waals surface area contributed by atoms with Crippen LogP contribution in [0.25, 0.3) is 32.4 Å². The number of rotatable bonds is 6. The Kier molecular flexibility index (Phi) is 5.96. The van der Waals surface area contributed by atoms with Crippen molar-refractivity contribution < 1.29 is 14.1 Å². The van der Waals surface area contributed by atoms with Gasteiger partial charge in [0.15, 0.2) is 0 Å². The van der Waals surface area contributed by atoms with Crippen LogP contribution in [0.2, 0.25) is 5.02 Å². The molecule has 0 radical (unpaired) electrons. The van der Waals surface area contributed by atoms with Crippen LogP contribution in [0.4, 0.5) is 0 Å². The largest absolute Gasteiger partial charge is 0.376 e. The van der Waals surface area contributed by atoms with Crippen molar-refractivity contribution in [3.8, 4) is 22.2 Å². The molecule has 11 heteroatoms. The lowest BCUT2D eigenvalue weighted by molar-refractivity contribution is -0.122. The number of aromatic nitrogens is 4. The highest BCUT2D eigenvalue weighted by Gasteiger charge is 2.22. The molecule has 33 heavy (non-hydrogen) atoms. The van der Waals surface area contributed by atoms with E-state index in [1.807, 2.05) is 12.1 Å². The number of hydrogen-bond acceptors (Lipinski definition) is 8. The number of aryl methyl sites for hydroxylation is 1. The quantitative estimate of drug-likeness (QED) is 0.445. The lowest BCUT2D eigenvalue weighted by Crippen LogP contribution is -2.36. The molecular weight excluding hydrogens is 466 g/mol.